The molecule has 1 aliphatic carbocycles. The molecule has 1 aliphatic rings. The van der Waals surface area contributed by atoms with Crippen LogP contribution in [0.1, 0.15) is 41.6 Å². The van der Waals surface area contributed by atoms with E-state index >= 15 is 0 Å². The van der Waals surface area contributed by atoms with Gasteiger partial charge in [-0.2, -0.15) is 10.5 Å². The zero-order valence-corrected chi connectivity index (χ0v) is 16.5. The van der Waals surface area contributed by atoms with Crippen LogP contribution in [0, 0.1) is 22.7 Å². The van der Waals surface area contributed by atoms with Crippen LogP contribution in [0.15, 0.2) is 58.3 Å². The highest BCUT2D eigenvalue weighted by Crippen LogP contribution is 2.33. The lowest BCUT2D eigenvalue weighted by Crippen LogP contribution is -2.46. The number of nitriles is 2. The molecule has 0 radical (unpaired) electrons. The van der Waals surface area contributed by atoms with Crippen LogP contribution in [0.5, 0.6) is 0 Å². The second-order valence-electron chi connectivity index (χ2n) is 6.73. The Morgan fingerprint density at radius 2 is 1.69 bits per heavy atom. The van der Waals surface area contributed by atoms with E-state index in [1.807, 2.05) is 12.1 Å². The molecule has 0 heterocycles. The Kier molecular flexibility index (Phi) is 6.54. The molecule has 146 valence electrons. The van der Waals surface area contributed by atoms with Crippen molar-refractivity contribution in [3.63, 3.8) is 0 Å². The summed E-state index contributed by atoms with van der Waals surface area (Å²) in [5.74, 6) is -1.11. The number of nitrogens with one attached hydrogen (secondary N) is 1. The molecule has 0 atom stereocenters. The van der Waals surface area contributed by atoms with Gasteiger partial charge in [-0.25, -0.2) is 4.79 Å². The third-order valence-corrected chi connectivity index (χ3v) is 5.87. The zero-order chi connectivity index (χ0) is 20.7. The minimum Gasteiger partial charge on any atom is -0.452 e. The molecule has 0 aliphatic heterocycles. The molecular formula is C22H19N3O3S. The molecule has 2 aromatic carbocycles. The van der Waals surface area contributed by atoms with Crippen molar-refractivity contribution in [2.75, 3.05) is 6.61 Å². The number of amides is 1. The van der Waals surface area contributed by atoms with Crippen LogP contribution in [0.3, 0.4) is 0 Å². The summed E-state index contributed by atoms with van der Waals surface area (Å²) in [7, 11) is 0. The maximum atomic E-state index is 12.6. The summed E-state index contributed by atoms with van der Waals surface area (Å²) in [5, 5.41) is 21.3. The molecular weight excluding hydrogens is 386 g/mol. The quantitative estimate of drug-likeness (QED) is 0.733. The van der Waals surface area contributed by atoms with E-state index in [1.165, 1.54) is 11.8 Å². The fourth-order valence-electron chi connectivity index (χ4n) is 3.25. The molecule has 0 saturated heterocycles. The Hall–Kier alpha value is -3.29. The fourth-order valence-corrected chi connectivity index (χ4v) is 4.26. The van der Waals surface area contributed by atoms with Crippen LogP contribution < -0.4 is 5.32 Å². The van der Waals surface area contributed by atoms with Gasteiger partial charge in [-0.3, -0.25) is 4.79 Å². The Bertz CT molecular complexity index is 1000. The average molecular weight is 405 g/mol. The molecule has 1 saturated carbocycles. The van der Waals surface area contributed by atoms with E-state index in [1.54, 1.807) is 36.4 Å². The van der Waals surface area contributed by atoms with Gasteiger partial charge in [0.05, 0.1) is 17.2 Å². The van der Waals surface area contributed by atoms with Crippen molar-refractivity contribution in [3.05, 3.63) is 59.7 Å². The van der Waals surface area contributed by atoms with Crippen molar-refractivity contribution in [3.8, 4) is 12.1 Å². The van der Waals surface area contributed by atoms with Crippen molar-refractivity contribution in [2.24, 2.45) is 0 Å². The van der Waals surface area contributed by atoms with Crippen LogP contribution >= 0.6 is 11.8 Å². The molecule has 3 rings (SSSR count). The summed E-state index contributed by atoms with van der Waals surface area (Å²) < 4.78 is 5.19. The lowest BCUT2D eigenvalue weighted by molar-refractivity contribution is -0.125. The highest BCUT2D eigenvalue weighted by atomic mass is 32.2. The summed E-state index contributed by atoms with van der Waals surface area (Å²) in [6.45, 7) is -0.448. The normalized spacial score (nSPS) is 14.4. The van der Waals surface area contributed by atoms with Gasteiger partial charge in [-0.15, -0.1) is 0 Å². The van der Waals surface area contributed by atoms with Crippen molar-refractivity contribution in [2.45, 2.75) is 41.0 Å². The molecule has 7 heteroatoms. The lowest BCUT2D eigenvalue weighted by atomic mass is 10.00. The maximum Gasteiger partial charge on any atom is 0.339 e. The monoisotopic (exact) mass is 405 g/mol. The van der Waals surface area contributed by atoms with Gasteiger partial charge < -0.3 is 10.1 Å². The molecule has 0 bridgehead atoms. The molecule has 0 aromatic heterocycles. The van der Waals surface area contributed by atoms with E-state index < -0.39 is 24.0 Å². The number of ether oxygens (including phenoxy) is 1. The van der Waals surface area contributed by atoms with Crippen LogP contribution in [0.4, 0.5) is 0 Å². The molecule has 2 aromatic rings. The Labute approximate surface area is 173 Å². The number of benzene rings is 2. The molecule has 0 spiro atoms. The van der Waals surface area contributed by atoms with Gasteiger partial charge in [0.1, 0.15) is 11.6 Å². The van der Waals surface area contributed by atoms with Crippen LogP contribution in [0.25, 0.3) is 0 Å². The lowest BCUT2D eigenvalue weighted by Gasteiger charge is -2.21. The summed E-state index contributed by atoms with van der Waals surface area (Å²) in [6, 6.07) is 18.3. The van der Waals surface area contributed by atoms with E-state index in [4.69, 9.17) is 4.74 Å². The second kappa shape index (κ2) is 9.27. The number of nitrogens with zero attached hydrogens (tertiary/aromatic N) is 2. The van der Waals surface area contributed by atoms with E-state index in [0.717, 1.165) is 17.7 Å². The van der Waals surface area contributed by atoms with Crippen LogP contribution in [-0.2, 0) is 9.53 Å². The largest absolute Gasteiger partial charge is 0.452 e. The first-order chi connectivity index (χ1) is 14.1. The van der Waals surface area contributed by atoms with Gasteiger partial charge in [0.15, 0.2) is 6.61 Å². The predicted octanol–water partition coefficient (Wildman–Crippen LogP) is 3.82. The third-order valence-electron chi connectivity index (χ3n) is 4.72. The minimum absolute atomic E-state index is 0.314. The van der Waals surface area contributed by atoms with Gasteiger partial charge in [0.25, 0.3) is 5.91 Å². The van der Waals surface area contributed by atoms with E-state index in [0.29, 0.717) is 28.9 Å². The van der Waals surface area contributed by atoms with E-state index in [9.17, 15) is 20.1 Å². The standard InChI is InChI=1S/C22H19N3O3S/c23-13-16-7-1-3-9-18(16)29-19-10-4-2-8-17(19)21(27)28-14-20(26)25-22(15-24)11-5-6-12-22/h1-4,7-10H,5-6,11-12,14H2,(H,25,26). The van der Waals surface area contributed by atoms with Gasteiger partial charge in [0.2, 0.25) is 0 Å². The van der Waals surface area contributed by atoms with Gasteiger partial charge in [0, 0.05) is 9.79 Å². The molecule has 6 nitrogen and oxygen atoms in total. The molecule has 29 heavy (non-hydrogen) atoms. The van der Waals surface area contributed by atoms with Crippen molar-refractivity contribution >= 4 is 23.6 Å². The second-order valence-corrected chi connectivity index (χ2v) is 7.82. The van der Waals surface area contributed by atoms with Gasteiger partial charge >= 0.3 is 5.97 Å². The Morgan fingerprint density at radius 1 is 1.03 bits per heavy atom. The number of hydrogen-bond donors (Lipinski definition) is 1. The minimum atomic E-state index is -0.849. The summed E-state index contributed by atoms with van der Waals surface area (Å²) in [4.78, 5) is 26.1. The first kappa shape index (κ1) is 20.4. The van der Waals surface area contributed by atoms with Crippen LogP contribution in [0.2, 0.25) is 0 Å². The summed E-state index contributed by atoms with van der Waals surface area (Å²) in [6.07, 6.45) is 3.01. The number of carbonyl (C=O) groups excluding carboxylic acids is 2. The molecule has 0 unspecified atom stereocenters. The topological polar surface area (TPSA) is 103 Å². The summed E-state index contributed by atoms with van der Waals surface area (Å²) in [5.41, 5.74) is -0.0227. The first-order valence-electron chi connectivity index (χ1n) is 9.22. The maximum absolute atomic E-state index is 12.6. The fraction of sp³-hybridized carbons (Fsp3) is 0.273. The average Bonchev–Trinajstić information content (AvgIpc) is 3.21. The Morgan fingerprint density at radius 3 is 2.38 bits per heavy atom. The van der Waals surface area contributed by atoms with Gasteiger partial charge in [-0.1, -0.05) is 36.0 Å². The number of hydrogen-bond acceptors (Lipinski definition) is 6. The molecule has 1 fully saturated rings. The van der Waals surface area contributed by atoms with E-state index in [-0.39, 0.29) is 0 Å². The number of rotatable bonds is 6. The van der Waals surface area contributed by atoms with Gasteiger partial charge in [-0.05, 0) is 49.9 Å². The van der Waals surface area contributed by atoms with Crippen molar-refractivity contribution in [1.82, 2.24) is 5.32 Å². The van der Waals surface area contributed by atoms with Crippen molar-refractivity contribution < 1.29 is 14.3 Å². The highest BCUT2D eigenvalue weighted by molar-refractivity contribution is 7.99. The van der Waals surface area contributed by atoms with Crippen LogP contribution in [-0.4, -0.2) is 24.0 Å². The van der Waals surface area contributed by atoms with Crippen molar-refractivity contribution in [1.29, 1.82) is 10.5 Å². The smallest absolute Gasteiger partial charge is 0.339 e. The number of esters is 1. The molecule has 1 N–H and O–H groups in total. The third kappa shape index (κ3) is 4.96. The predicted molar refractivity (Wildman–Crippen MR) is 107 cm³/mol. The SMILES string of the molecule is N#Cc1ccccc1Sc1ccccc1C(=O)OCC(=O)NC1(C#N)CCCC1. The Balaban J connectivity index is 1.67. The zero-order valence-electron chi connectivity index (χ0n) is 15.7. The summed E-state index contributed by atoms with van der Waals surface area (Å²) >= 11 is 1.29. The molecule has 1 amide bonds. The number of carbonyl (C=O) groups is 2. The van der Waals surface area contributed by atoms with E-state index in [2.05, 4.69) is 17.5 Å². The first-order valence-corrected chi connectivity index (χ1v) is 10.0. The highest BCUT2D eigenvalue weighted by Gasteiger charge is 2.35.